The molecule has 0 saturated carbocycles. The van der Waals surface area contributed by atoms with Crippen LogP contribution in [0.2, 0.25) is 25.2 Å². The fourth-order valence-corrected chi connectivity index (χ4v) is 4.16. The van der Waals surface area contributed by atoms with Crippen molar-refractivity contribution in [2.75, 3.05) is 0 Å². The van der Waals surface area contributed by atoms with Crippen molar-refractivity contribution in [2.24, 2.45) is 0 Å². The van der Waals surface area contributed by atoms with Gasteiger partial charge in [0.05, 0.1) is 0 Å². The Balaban J connectivity index is 2.36. The van der Waals surface area contributed by atoms with Crippen molar-refractivity contribution in [3.63, 3.8) is 0 Å². The first-order valence-corrected chi connectivity index (χ1v) is 8.37. The average molecular weight is 216 g/mol. The molecule has 1 aliphatic heterocycles. The van der Waals surface area contributed by atoms with Gasteiger partial charge in [-0.2, -0.15) is 4.39 Å². The number of ether oxygens (including phenoxy) is 1. The first kappa shape index (κ1) is 11.4. The van der Waals surface area contributed by atoms with Crippen LogP contribution in [0, 0.1) is 0 Å². The molecule has 0 aromatic heterocycles. The van der Waals surface area contributed by atoms with Crippen LogP contribution in [-0.2, 0) is 9.53 Å². The molecule has 4 heteroatoms. The second-order valence-corrected chi connectivity index (χ2v) is 10.0. The van der Waals surface area contributed by atoms with Gasteiger partial charge in [0.15, 0.2) is 0 Å². The Bertz CT molecular complexity index is 241. The van der Waals surface area contributed by atoms with Crippen molar-refractivity contribution in [2.45, 2.75) is 44.1 Å². The molecule has 0 aliphatic carbocycles. The van der Waals surface area contributed by atoms with Crippen molar-refractivity contribution in [3.8, 4) is 0 Å². The first-order valence-electron chi connectivity index (χ1n) is 4.96. The highest BCUT2D eigenvalue weighted by Gasteiger charge is 2.30. The minimum absolute atomic E-state index is 0.0875. The topological polar surface area (TPSA) is 26.3 Å². The molecule has 0 N–H and O–H groups in total. The number of hydrogen-bond acceptors (Lipinski definition) is 2. The molecule has 2 nitrogen and oxygen atoms in total. The van der Waals surface area contributed by atoms with E-state index < -0.39 is 19.9 Å². The summed E-state index contributed by atoms with van der Waals surface area (Å²) >= 11 is 0. The van der Waals surface area contributed by atoms with E-state index in [1.54, 1.807) is 0 Å². The number of carbonyl (C=O) groups is 1. The third-order valence-electron chi connectivity index (χ3n) is 2.78. The van der Waals surface area contributed by atoms with Gasteiger partial charge in [0, 0.05) is 8.07 Å². The van der Waals surface area contributed by atoms with E-state index in [4.69, 9.17) is 4.74 Å². The summed E-state index contributed by atoms with van der Waals surface area (Å²) in [5.74, 6) is -1.89. The first-order chi connectivity index (χ1) is 6.41. The average Bonchev–Trinajstić information content (AvgIpc) is 2.08. The summed E-state index contributed by atoms with van der Waals surface area (Å²) in [5, 5.41) is 0. The molecule has 0 atom stereocenters. The molecule has 14 heavy (non-hydrogen) atoms. The summed E-state index contributed by atoms with van der Waals surface area (Å²) in [7, 11) is -1.02. The molecule has 0 aromatic carbocycles. The predicted octanol–water partition coefficient (Wildman–Crippen LogP) is 2.88. The monoisotopic (exact) mass is 216 g/mol. The molecule has 0 spiro atoms. The second kappa shape index (κ2) is 4.25. The van der Waals surface area contributed by atoms with Crippen LogP contribution < -0.4 is 0 Å². The quantitative estimate of drug-likeness (QED) is 0.403. The zero-order chi connectivity index (χ0) is 10.8. The number of carbonyl (C=O) groups excluding carboxylic acids is 1. The van der Waals surface area contributed by atoms with Gasteiger partial charge in [-0.3, -0.25) is 0 Å². The van der Waals surface area contributed by atoms with E-state index in [-0.39, 0.29) is 6.10 Å². The fourth-order valence-electron chi connectivity index (χ4n) is 1.71. The molecule has 0 unspecified atom stereocenters. The summed E-state index contributed by atoms with van der Waals surface area (Å²) in [6, 6.07) is 2.31. The molecule has 0 radical (unpaired) electrons. The minimum atomic E-state index is -1.02. The second-order valence-electron chi connectivity index (χ2n) is 4.67. The Morgan fingerprint density at radius 2 is 1.93 bits per heavy atom. The summed E-state index contributed by atoms with van der Waals surface area (Å²) in [5.41, 5.74) is 0. The van der Waals surface area contributed by atoms with E-state index in [1.807, 2.05) is 0 Å². The molecule has 1 saturated heterocycles. The highest BCUT2D eigenvalue weighted by atomic mass is 28.3. The lowest BCUT2D eigenvalue weighted by atomic mass is 10.2. The summed E-state index contributed by atoms with van der Waals surface area (Å²) in [4.78, 5) is 10.9. The van der Waals surface area contributed by atoms with Gasteiger partial charge in [0.2, 0.25) is 5.83 Å². The Labute approximate surface area is 85.1 Å². The van der Waals surface area contributed by atoms with Crippen LogP contribution in [0.3, 0.4) is 0 Å². The molecular formula is C10H17FO2Si. The lowest BCUT2D eigenvalue weighted by molar-refractivity contribution is -0.146. The largest absolute Gasteiger partial charge is 0.457 e. The zero-order valence-corrected chi connectivity index (χ0v) is 9.81. The molecule has 80 valence electrons. The number of halogens is 1. The smallest absolute Gasteiger partial charge is 0.366 e. The maximum Gasteiger partial charge on any atom is 0.366 e. The third kappa shape index (κ3) is 3.25. The van der Waals surface area contributed by atoms with E-state index in [1.165, 1.54) is 0 Å². The van der Waals surface area contributed by atoms with Crippen LogP contribution in [0.5, 0.6) is 0 Å². The maximum atomic E-state index is 12.3. The number of hydrogen-bond donors (Lipinski definition) is 0. The standard InChI is InChI=1S/C10H17FO2Si/c1-8(11)10(12)13-9-4-6-14(2,3)7-5-9/h9H,1,4-7H2,2-3H3. The van der Waals surface area contributed by atoms with Crippen LogP contribution >= 0.6 is 0 Å². The molecule has 1 rings (SSSR count). The normalized spacial score (nSPS) is 21.6. The van der Waals surface area contributed by atoms with Crippen molar-refractivity contribution < 1.29 is 13.9 Å². The highest BCUT2D eigenvalue weighted by molar-refractivity contribution is 6.77. The van der Waals surface area contributed by atoms with Gasteiger partial charge in [-0.15, -0.1) is 0 Å². The summed E-state index contributed by atoms with van der Waals surface area (Å²) < 4.78 is 17.3. The Kier molecular flexibility index (Phi) is 3.47. The lowest BCUT2D eigenvalue weighted by Gasteiger charge is -2.32. The number of rotatable bonds is 2. The van der Waals surface area contributed by atoms with Crippen molar-refractivity contribution in [1.82, 2.24) is 0 Å². The molecule has 0 aromatic rings. The van der Waals surface area contributed by atoms with E-state index >= 15 is 0 Å². The van der Waals surface area contributed by atoms with Crippen LogP contribution in [0.4, 0.5) is 4.39 Å². The zero-order valence-electron chi connectivity index (χ0n) is 8.81. The maximum absolute atomic E-state index is 12.3. The number of esters is 1. The van der Waals surface area contributed by atoms with Crippen molar-refractivity contribution >= 4 is 14.0 Å². The Morgan fingerprint density at radius 3 is 2.36 bits per heavy atom. The van der Waals surface area contributed by atoms with Gasteiger partial charge < -0.3 is 4.74 Å². The van der Waals surface area contributed by atoms with Gasteiger partial charge in [0.25, 0.3) is 0 Å². The van der Waals surface area contributed by atoms with E-state index in [0.717, 1.165) is 24.9 Å². The predicted molar refractivity (Wildman–Crippen MR) is 56.5 cm³/mol. The summed E-state index contributed by atoms with van der Waals surface area (Å²) in [6.07, 6.45) is 1.69. The Morgan fingerprint density at radius 1 is 1.43 bits per heavy atom. The van der Waals surface area contributed by atoms with Crippen molar-refractivity contribution in [3.05, 3.63) is 12.4 Å². The van der Waals surface area contributed by atoms with Gasteiger partial charge in [-0.25, -0.2) is 4.79 Å². The molecule has 1 aliphatic rings. The van der Waals surface area contributed by atoms with Crippen LogP contribution in [-0.4, -0.2) is 20.1 Å². The molecule has 0 bridgehead atoms. The van der Waals surface area contributed by atoms with E-state index in [9.17, 15) is 9.18 Å². The van der Waals surface area contributed by atoms with Gasteiger partial charge in [-0.1, -0.05) is 31.8 Å². The molecule has 1 fully saturated rings. The van der Waals surface area contributed by atoms with Crippen LogP contribution in [0.25, 0.3) is 0 Å². The SMILES string of the molecule is C=C(F)C(=O)OC1CC[Si](C)(C)CC1. The molecular weight excluding hydrogens is 199 g/mol. The summed E-state index contributed by atoms with van der Waals surface area (Å²) in [6.45, 7) is 7.58. The van der Waals surface area contributed by atoms with Gasteiger partial charge in [0.1, 0.15) is 6.10 Å². The van der Waals surface area contributed by atoms with E-state index in [2.05, 4.69) is 19.7 Å². The fraction of sp³-hybridized carbons (Fsp3) is 0.700. The lowest BCUT2D eigenvalue weighted by Crippen LogP contribution is -2.35. The van der Waals surface area contributed by atoms with E-state index in [0.29, 0.717) is 0 Å². The molecule has 1 heterocycles. The minimum Gasteiger partial charge on any atom is -0.457 e. The van der Waals surface area contributed by atoms with Gasteiger partial charge in [-0.05, 0) is 12.8 Å². The van der Waals surface area contributed by atoms with Crippen LogP contribution in [0.1, 0.15) is 12.8 Å². The third-order valence-corrected chi connectivity index (χ3v) is 6.07. The Hall–Kier alpha value is -0.643. The van der Waals surface area contributed by atoms with Gasteiger partial charge >= 0.3 is 5.97 Å². The highest BCUT2D eigenvalue weighted by Crippen LogP contribution is 2.30. The van der Waals surface area contributed by atoms with Crippen LogP contribution in [0.15, 0.2) is 12.4 Å². The van der Waals surface area contributed by atoms with Crippen molar-refractivity contribution in [1.29, 1.82) is 0 Å². The molecule has 0 amide bonds.